The Kier molecular flexibility index (Phi) is 4.27. The minimum atomic E-state index is -3.51. The lowest BCUT2D eigenvalue weighted by Crippen LogP contribution is -2.24. The number of thiazole rings is 1. The summed E-state index contributed by atoms with van der Waals surface area (Å²) in [4.78, 5) is 7.64. The number of nitrogens with zero attached hydrogens (tertiary/aromatic N) is 3. The molecule has 0 saturated heterocycles. The van der Waals surface area contributed by atoms with Gasteiger partial charge in [-0.25, -0.2) is 23.1 Å². The monoisotopic (exact) mass is 307 g/mol. The van der Waals surface area contributed by atoms with Crippen LogP contribution in [0.15, 0.2) is 16.7 Å². The van der Waals surface area contributed by atoms with Gasteiger partial charge in [0.15, 0.2) is 8.68 Å². The number of aromatic nitrogens is 4. The van der Waals surface area contributed by atoms with Gasteiger partial charge in [-0.15, -0.1) is 0 Å². The first-order valence-electron chi connectivity index (χ1n) is 5.03. The third-order valence-corrected chi connectivity index (χ3v) is 5.11. The number of rotatable bonds is 6. The summed E-state index contributed by atoms with van der Waals surface area (Å²) in [6.45, 7) is 0.318. The van der Waals surface area contributed by atoms with Crippen LogP contribution in [0, 0.1) is 0 Å². The predicted octanol–water partition coefficient (Wildman–Crippen LogP) is 0.826. The van der Waals surface area contributed by atoms with E-state index >= 15 is 0 Å². The molecule has 0 atom stereocenters. The number of sulfonamides is 1. The Bertz CT molecular complexity index is 595. The fraction of sp³-hybridized carbons (Fsp3) is 0.375. The van der Waals surface area contributed by atoms with Crippen LogP contribution in [0.5, 0.6) is 0 Å². The zero-order valence-electron chi connectivity index (χ0n) is 9.13. The van der Waals surface area contributed by atoms with Gasteiger partial charge in [0.1, 0.15) is 12.2 Å². The van der Waals surface area contributed by atoms with Gasteiger partial charge in [-0.05, 0) is 6.42 Å². The van der Waals surface area contributed by atoms with Crippen molar-refractivity contribution in [3.8, 4) is 0 Å². The standard InChI is InChI=1S/C8H10ClN5O2S2/c9-8-10-4-7(17-8)18(15,16)13-3-1-2-6-11-5-12-14-6/h4-5,13H,1-3H2,(H,11,12,14). The van der Waals surface area contributed by atoms with E-state index in [1.54, 1.807) is 0 Å². The van der Waals surface area contributed by atoms with Crippen molar-refractivity contribution in [3.05, 3.63) is 22.8 Å². The molecule has 0 saturated carbocycles. The summed E-state index contributed by atoms with van der Waals surface area (Å²) >= 11 is 6.52. The second-order valence-corrected chi connectivity index (χ2v) is 6.97. The van der Waals surface area contributed by atoms with Crippen LogP contribution in [0.4, 0.5) is 0 Å². The molecule has 0 aliphatic rings. The lowest BCUT2D eigenvalue weighted by atomic mass is 10.3. The molecule has 2 N–H and O–H groups in total. The summed E-state index contributed by atoms with van der Waals surface area (Å²) in [5, 5.41) is 6.41. The van der Waals surface area contributed by atoms with Crippen molar-refractivity contribution < 1.29 is 8.42 Å². The molecule has 0 bridgehead atoms. The zero-order valence-corrected chi connectivity index (χ0v) is 11.5. The first-order chi connectivity index (χ1) is 8.58. The smallest absolute Gasteiger partial charge is 0.251 e. The minimum absolute atomic E-state index is 0.118. The van der Waals surface area contributed by atoms with Crippen molar-refractivity contribution in [2.24, 2.45) is 0 Å². The predicted molar refractivity (Wildman–Crippen MR) is 67.0 cm³/mol. The van der Waals surface area contributed by atoms with E-state index in [1.165, 1.54) is 12.5 Å². The Morgan fingerprint density at radius 1 is 1.44 bits per heavy atom. The summed E-state index contributed by atoms with van der Waals surface area (Å²) in [6.07, 6.45) is 3.91. The first kappa shape index (κ1) is 13.4. The molecule has 2 aromatic rings. The summed E-state index contributed by atoms with van der Waals surface area (Å²) in [5.41, 5.74) is 0. The van der Waals surface area contributed by atoms with Gasteiger partial charge >= 0.3 is 0 Å². The Hall–Kier alpha value is -1.03. The van der Waals surface area contributed by atoms with Gasteiger partial charge in [-0.1, -0.05) is 22.9 Å². The molecule has 0 unspecified atom stereocenters. The molecule has 2 aromatic heterocycles. The molecular formula is C8H10ClN5O2S2. The van der Waals surface area contributed by atoms with Crippen molar-refractivity contribution in [2.75, 3.05) is 6.54 Å². The van der Waals surface area contributed by atoms with E-state index in [-0.39, 0.29) is 8.68 Å². The van der Waals surface area contributed by atoms with Crippen LogP contribution in [0.2, 0.25) is 4.47 Å². The van der Waals surface area contributed by atoms with Crippen LogP contribution in [0.3, 0.4) is 0 Å². The lowest BCUT2D eigenvalue weighted by molar-refractivity contribution is 0.580. The average Bonchev–Trinajstić information content (AvgIpc) is 2.95. The number of hydrogen-bond donors (Lipinski definition) is 2. The van der Waals surface area contributed by atoms with E-state index < -0.39 is 10.0 Å². The number of aryl methyl sites for hydroxylation is 1. The second kappa shape index (κ2) is 5.74. The molecule has 0 radical (unpaired) electrons. The second-order valence-electron chi connectivity index (χ2n) is 3.37. The molecule has 0 amide bonds. The van der Waals surface area contributed by atoms with Gasteiger partial charge in [-0.3, -0.25) is 5.10 Å². The van der Waals surface area contributed by atoms with E-state index in [9.17, 15) is 8.42 Å². The maximum atomic E-state index is 11.8. The Balaban J connectivity index is 1.82. The van der Waals surface area contributed by atoms with Crippen molar-refractivity contribution >= 4 is 33.0 Å². The van der Waals surface area contributed by atoms with E-state index in [0.717, 1.165) is 17.2 Å². The SMILES string of the molecule is O=S(=O)(NCCCc1ncn[nH]1)c1cnc(Cl)s1. The molecule has 10 heteroatoms. The average molecular weight is 308 g/mol. The fourth-order valence-corrected chi connectivity index (χ4v) is 3.66. The number of halogens is 1. The van der Waals surface area contributed by atoms with Gasteiger partial charge in [0, 0.05) is 13.0 Å². The van der Waals surface area contributed by atoms with Gasteiger partial charge < -0.3 is 0 Å². The number of hydrogen-bond acceptors (Lipinski definition) is 6. The van der Waals surface area contributed by atoms with Crippen LogP contribution < -0.4 is 4.72 Å². The van der Waals surface area contributed by atoms with Crippen molar-refractivity contribution in [1.29, 1.82) is 0 Å². The largest absolute Gasteiger partial charge is 0.263 e. The van der Waals surface area contributed by atoms with E-state index in [1.807, 2.05) is 0 Å². The van der Waals surface area contributed by atoms with Crippen LogP contribution in [0.25, 0.3) is 0 Å². The van der Waals surface area contributed by atoms with Crippen molar-refractivity contribution in [2.45, 2.75) is 17.1 Å². The van der Waals surface area contributed by atoms with Crippen LogP contribution in [0.1, 0.15) is 12.2 Å². The highest BCUT2D eigenvalue weighted by Gasteiger charge is 2.16. The minimum Gasteiger partial charge on any atom is -0.263 e. The molecule has 0 spiro atoms. The highest BCUT2D eigenvalue weighted by Crippen LogP contribution is 2.21. The molecule has 0 aliphatic heterocycles. The Labute approximate surface area is 113 Å². The quantitative estimate of drug-likeness (QED) is 0.770. The van der Waals surface area contributed by atoms with Crippen LogP contribution in [-0.2, 0) is 16.4 Å². The maximum absolute atomic E-state index is 11.8. The van der Waals surface area contributed by atoms with Gasteiger partial charge in [0.25, 0.3) is 10.0 Å². The van der Waals surface area contributed by atoms with E-state index in [4.69, 9.17) is 11.6 Å². The van der Waals surface area contributed by atoms with Crippen molar-refractivity contribution in [1.82, 2.24) is 24.9 Å². The third kappa shape index (κ3) is 3.48. The molecule has 7 nitrogen and oxygen atoms in total. The highest BCUT2D eigenvalue weighted by molar-refractivity contribution is 7.91. The third-order valence-electron chi connectivity index (χ3n) is 2.07. The summed E-state index contributed by atoms with van der Waals surface area (Å²) in [6, 6.07) is 0. The van der Waals surface area contributed by atoms with Crippen molar-refractivity contribution in [3.63, 3.8) is 0 Å². The number of aromatic amines is 1. The molecule has 0 aromatic carbocycles. The first-order valence-corrected chi connectivity index (χ1v) is 7.71. The molecule has 0 aliphatic carbocycles. The normalized spacial score (nSPS) is 11.8. The summed E-state index contributed by atoms with van der Waals surface area (Å²) in [5.74, 6) is 0.732. The molecule has 2 heterocycles. The zero-order chi connectivity index (χ0) is 13.0. The van der Waals surface area contributed by atoms with E-state index in [0.29, 0.717) is 19.4 Å². The summed E-state index contributed by atoms with van der Waals surface area (Å²) in [7, 11) is -3.51. The Morgan fingerprint density at radius 2 is 2.28 bits per heavy atom. The molecular weight excluding hydrogens is 298 g/mol. The fourth-order valence-electron chi connectivity index (χ4n) is 1.25. The lowest BCUT2D eigenvalue weighted by Gasteiger charge is -2.02. The highest BCUT2D eigenvalue weighted by atomic mass is 35.5. The molecule has 2 rings (SSSR count). The van der Waals surface area contributed by atoms with Gasteiger partial charge in [0.2, 0.25) is 0 Å². The molecule has 18 heavy (non-hydrogen) atoms. The summed E-state index contributed by atoms with van der Waals surface area (Å²) < 4.78 is 26.3. The Morgan fingerprint density at radius 3 is 2.89 bits per heavy atom. The number of H-pyrrole nitrogens is 1. The number of nitrogens with one attached hydrogen (secondary N) is 2. The van der Waals surface area contributed by atoms with Gasteiger partial charge in [0.05, 0.1) is 6.20 Å². The topological polar surface area (TPSA) is 101 Å². The van der Waals surface area contributed by atoms with Gasteiger partial charge in [-0.2, -0.15) is 5.10 Å². The molecule has 0 fully saturated rings. The van der Waals surface area contributed by atoms with Crippen LogP contribution >= 0.6 is 22.9 Å². The maximum Gasteiger partial charge on any atom is 0.251 e. The molecule has 98 valence electrons. The van der Waals surface area contributed by atoms with Crippen LogP contribution in [-0.4, -0.2) is 35.1 Å². The van der Waals surface area contributed by atoms with E-state index in [2.05, 4.69) is 24.9 Å².